The zero-order valence-electron chi connectivity index (χ0n) is 7.89. The fourth-order valence-corrected chi connectivity index (χ4v) is 1.07. The van der Waals surface area contributed by atoms with Crippen LogP contribution in [-0.4, -0.2) is 31.5 Å². The van der Waals surface area contributed by atoms with Gasteiger partial charge in [-0.05, 0) is 6.08 Å². The zero-order valence-corrected chi connectivity index (χ0v) is 8.89. The first-order chi connectivity index (χ1) is 5.49. The number of aliphatic hydroxyl groups is 2. The first-order valence-electron chi connectivity index (χ1n) is 3.93. The minimum Gasteiger partial charge on any atom is -0.392 e. The fraction of sp³-hybridized carbons (Fsp3) is 0.556. The minimum atomic E-state index is -1.36. The second-order valence-electron chi connectivity index (χ2n) is 3.57. The van der Waals surface area contributed by atoms with Crippen molar-refractivity contribution in [3.05, 3.63) is 11.6 Å². The molecule has 0 aromatic carbocycles. The lowest BCUT2D eigenvalue weighted by Crippen LogP contribution is -2.16. The summed E-state index contributed by atoms with van der Waals surface area (Å²) in [7, 11) is -1.36. The summed E-state index contributed by atoms with van der Waals surface area (Å²) in [5.74, 6) is 2.87. The van der Waals surface area contributed by atoms with Gasteiger partial charge in [-0.15, -0.1) is 5.54 Å². The molecule has 0 aliphatic heterocycles. The van der Waals surface area contributed by atoms with Crippen molar-refractivity contribution in [1.82, 2.24) is 0 Å². The summed E-state index contributed by atoms with van der Waals surface area (Å²) in [6.45, 7) is 6.25. The van der Waals surface area contributed by atoms with Gasteiger partial charge in [0.05, 0.1) is 13.2 Å². The van der Waals surface area contributed by atoms with Crippen LogP contribution in [0.3, 0.4) is 0 Å². The lowest BCUT2D eigenvalue weighted by atomic mass is 10.3. The van der Waals surface area contributed by atoms with Gasteiger partial charge < -0.3 is 10.2 Å². The maximum atomic E-state index is 8.79. The van der Waals surface area contributed by atoms with Crippen molar-refractivity contribution < 1.29 is 10.2 Å². The maximum absolute atomic E-state index is 8.79. The van der Waals surface area contributed by atoms with Crippen molar-refractivity contribution in [3.8, 4) is 11.5 Å². The Bertz CT molecular complexity index is 215. The van der Waals surface area contributed by atoms with E-state index in [0.717, 1.165) is 0 Å². The Morgan fingerprint density at radius 3 is 2.25 bits per heavy atom. The van der Waals surface area contributed by atoms with Crippen LogP contribution in [0, 0.1) is 11.5 Å². The molecule has 0 rings (SSSR count). The third-order valence-corrected chi connectivity index (χ3v) is 1.98. The predicted octanol–water partition coefficient (Wildman–Crippen LogP) is 0.778. The second-order valence-corrected chi connectivity index (χ2v) is 8.32. The van der Waals surface area contributed by atoms with E-state index >= 15 is 0 Å². The molecule has 0 fully saturated rings. The second kappa shape index (κ2) is 5.15. The van der Waals surface area contributed by atoms with E-state index in [0.29, 0.717) is 5.57 Å². The number of hydrogen-bond donors (Lipinski definition) is 2. The molecule has 0 unspecified atom stereocenters. The van der Waals surface area contributed by atoms with Gasteiger partial charge in [0.25, 0.3) is 0 Å². The highest BCUT2D eigenvalue weighted by atomic mass is 28.3. The molecule has 0 spiro atoms. The molecule has 0 aliphatic carbocycles. The minimum absolute atomic E-state index is 0.0593. The van der Waals surface area contributed by atoms with Crippen LogP contribution in [0.2, 0.25) is 19.6 Å². The standard InChI is InChI=1S/C9H16O2Si/c1-12(2,3)7-5-9(8-11)4-6-10/h4,10-11H,6,8H2,1-3H3/b9-4-. The molecule has 0 amide bonds. The molecular weight excluding hydrogens is 168 g/mol. The molecule has 2 N–H and O–H groups in total. The number of aliphatic hydroxyl groups excluding tert-OH is 2. The molecule has 12 heavy (non-hydrogen) atoms. The van der Waals surface area contributed by atoms with Gasteiger partial charge in [0.1, 0.15) is 8.07 Å². The van der Waals surface area contributed by atoms with Gasteiger partial charge in [-0.2, -0.15) is 0 Å². The highest BCUT2D eigenvalue weighted by Gasteiger charge is 2.07. The summed E-state index contributed by atoms with van der Waals surface area (Å²) in [4.78, 5) is 0. The van der Waals surface area contributed by atoms with Crippen LogP contribution in [-0.2, 0) is 0 Å². The van der Waals surface area contributed by atoms with Crippen LogP contribution in [0.4, 0.5) is 0 Å². The van der Waals surface area contributed by atoms with E-state index in [1.165, 1.54) is 6.08 Å². The van der Waals surface area contributed by atoms with E-state index in [9.17, 15) is 0 Å². The molecule has 0 aromatic heterocycles. The van der Waals surface area contributed by atoms with Crippen LogP contribution in [0.25, 0.3) is 0 Å². The first-order valence-corrected chi connectivity index (χ1v) is 7.43. The van der Waals surface area contributed by atoms with E-state index in [1.54, 1.807) is 0 Å². The van der Waals surface area contributed by atoms with Crippen molar-refractivity contribution in [3.63, 3.8) is 0 Å². The average molecular weight is 184 g/mol. The molecule has 0 heterocycles. The Kier molecular flexibility index (Phi) is 4.91. The zero-order chi connectivity index (χ0) is 9.61. The smallest absolute Gasteiger partial charge is 0.129 e. The molecule has 0 aromatic rings. The number of rotatable bonds is 2. The first kappa shape index (κ1) is 11.4. The van der Waals surface area contributed by atoms with E-state index in [1.807, 2.05) is 0 Å². The summed E-state index contributed by atoms with van der Waals surface area (Å²) in [5.41, 5.74) is 3.72. The van der Waals surface area contributed by atoms with Crippen LogP contribution < -0.4 is 0 Å². The van der Waals surface area contributed by atoms with E-state index < -0.39 is 8.07 Å². The molecule has 0 radical (unpaired) electrons. The summed E-state index contributed by atoms with van der Waals surface area (Å²) in [5, 5.41) is 17.3. The van der Waals surface area contributed by atoms with Crippen LogP contribution >= 0.6 is 0 Å². The highest BCUT2D eigenvalue weighted by Crippen LogP contribution is 1.98. The number of hydrogen-bond acceptors (Lipinski definition) is 2. The lowest BCUT2D eigenvalue weighted by Gasteiger charge is -2.03. The monoisotopic (exact) mass is 184 g/mol. The Labute approximate surface area is 74.9 Å². The Morgan fingerprint density at radius 1 is 1.33 bits per heavy atom. The normalized spacial score (nSPS) is 12.2. The summed E-state index contributed by atoms with van der Waals surface area (Å²) in [6.07, 6.45) is 1.53. The average Bonchev–Trinajstić information content (AvgIpc) is 1.96. The quantitative estimate of drug-likeness (QED) is 0.492. The van der Waals surface area contributed by atoms with E-state index in [2.05, 4.69) is 31.1 Å². The molecule has 3 heteroatoms. The molecule has 0 saturated heterocycles. The molecule has 68 valence electrons. The third-order valence-electron chi connectivity index (χ3n) is 1.11. The molecule has 0 aliphatic rings. The molecule has 2 nitrogen and oxygen atoms in total. The Morgan fingerprint density at radius 2 is 1.92 bits per heavy atom. The summed E-state index contributed by atoms with van der Waals surface area (Å²) in [6, 6.07) is 0. The van der Waals surface area contributed by atoms with Crippen molar-refractivity contribution in [2.75, 3.05) is 13.2 Å². The van der Waals surface area contributed by atoms with Gasteiger partial charge in [-0.25, -0.2) is 0 Å². The SMILES string of the molecule is C[Si](C)(C)C#C/C(=C/CO)CO. The van der Waals surface area contributed by atoms with Crippen LogP contribution in [0.5, 0.6) is 0 Å². The molecule has 0 saturated carbocycles. The van der Waals surface area contributed by atoms with Crippen molar-refractivity contribution in [1.29, 1.82) is 0 Å². The Hall–Kier alpha value is -0.563. The van der Waals surface area contributed by atoms with E-state index in [-0.39, 0.29) is 13.2 Å². The highest BCUT2D eigenvalue weighted by molar-refractivity contribution is 6.83. The Balaban J connectivity index is 4.36. The summed E-state index contributed by atoms with van der Waals surface area (Å²) >= 11 is 0. The van der Waals surface area contributed by atoms with Crippen LogP contribution in [0.1, 0.15) is 0 Å². The van der Waals surface area contributed by atoms with Gasteiger partial charge in [0, 0.05) is 5.57 Å². The largest absolute Gasteiger partial charge is 0.392 e. The van der Waals surface area contributed by atoms with Gasteiger partial charge in [-0.3, -0.25) is 0 Å². The van der Waals surface area contributed by atoms with Gasteiger partial charge in [0.2, 0.25) is 0 Å². The lowest BCUT2D eigenvalue weighted by molar-refractivity contribution is 0.324. The van der Waals surface area contributed by atoms with Gasteiger partial charge >= 0.3 is 0 Å². The van der Waals surface area contributed by atoms with Gasteiger partial charge in [-0.1, -0.05) is 25.6 Å². The van der Waals surface area contributed by atoms with Crippen LogP contribution in [0.15, 0.2) is 11.6 Å². The summed E-state index contributed by atoms with van der Waals surface area (Å²) < 4.78 is 0. The predicted molar refractivity (Wildman–Crippen MR) is 53.4 cm³/mol. The van der Waals surface area contributed by atoms with E-state index in [4.69, 9.17) is 10.2 Å². The topological polar surface area (TPSA) is 40.5 Å². The van der Waals surface area contributed by atoms with Gasteiger partial charge in [0.15, 0.2) is 0 Å². The van der Waals surface area contributed by atoms with Crippen molar-refractivity contribution >= 4 is 8.07 Å². The van der Waals surface area contributed by atoms with Crippen molar-refractivity contribution in [2.45, 2.75) is 19.6 Å². The molecular formula is C9H16O2Si. The van der Waals surface area contributed by atoms with Crippen molar-refractivity contribution in [2.24, 2.45) is 0 Å². The maximum Gasteiger partial charge on any atom is 0.129 e. The fourth-order valence-electron chi connectivity index (χ4n) is 0.533. The molecule has 0 atom stereocenters. The molecule has 0 bridgehead atoms. The third kappa shape index (κ3) is 6.17.